The predicted molar refractivity (Wildman–Crippen MR) is 90.7 cm³/mol. The second-order valence-corrected chi connectivity index (χ2v) is 6.99. The Morgan fingerprint density at radius 3 is 2.46 bits per heavy atom. The van der Waals surface area contributed by atoms with Gasteiger partial charge in [0.05, 0.1) is 6.54 Å². The van der Waals surface area contributed by atoms with Gasteiger partial charge in [-0.25, -0.2) is 4.39 Å². The first-order chi connectivity index (χ1) is 11.5. The summed E-state index contributed by atoms with van der Waals surface area (Å²) in [5.74, 6) is -0.333. The number of carbonyl (C=O) groups excluding carboxylic acids is 2. The zero-order chi connectivity index (χ0) is 17.3. The average molecular weight is 332 g/mol. The smallest absolute Gasteiger partial charge is 0.254 e. The second kappa shape index (κ2) is 6.91. The van der Waals surface area contributed by atoms with Crippen LogP contribution in [0.25, 0.3) is 0 Å². The average Bonchev–Trinajstić information content (AvgIpc) is 2.98. The van der Waals surface area contributed by atoms with Crippen molar-refractivity contribution in [3.8, 4) is 0 Å². The molecule has 2 heterocycles. The van der Waals surface area contributed by atoms with E-state index in [4.69, 9.17) is 0 Å². The van der Waals surface area contributed by atoms with Crippen LogP contribution in [-0.4, -0.2) is 53.5 Å². The van der Waals surface area contributed by atoms with Crippen LogP contribution >= 0.6 is 0 Å². The zero-order valence-corrected chi connectivity index (χ0v) is 14.4. The Hall–Kier alpha value is -1.91. The maximum Gasteiger partial charge on any atom is 0.254 e. The van der Waals surface area contributed by atoms with Gasteiger partial charge in [-0.3, -0.25) is 9.59 Å². The highest BCUT2D eigenvalue weighted by molar-refractivity contribution is 5.98. The third-order valence-electron chi connectivity index (χ3n) is 5.22. The van der Waals surface area contributed by atoms with Gasteiger partial charge in [0.2, 0.25) is 5.91 Å². The summed E-state index contributed by atoms with van der Waals surface area (Å²) in [6.45, 7) is 5.38. The lowest BCUT2D eigenvalue weighted by Crippen LogP contribution is -2.49. The second-order valence-electron chi connectivity index (χ2n) is 6.99. The summed E-state index contributed by atoms with van der Waals surface area (Å²) >= 11 is 0. The fourth-order valence-corrected chi connectivity index (χ4v) is 3.61. The van der Waals surface area contributed by atoms with Crippen molar-refractivity contribution >= 4 is 11.8 Å². The van der Waals surface area contributed by atoms with E-state index in [-0.39, 0.29) is 24.8 Å². The molecule has 1 aromatic rings. The standard InChI is InChI=1S/C19H25FN2O2/c1-13-6-7-15(10-14(13)2)18(23)22-12-16(20)11-17(22)19(24)21-8-4-3-5-9-21/h6-7,10,16-17H,3-5,8-9,11-12H2,1-2H3/t16-,17-/m0/s1. The van der Waals surface area contributed by atoms with Gasteiger partial charge >= 0.3 is 0 Å². The lowest BCUT2D eigenvalue weighted by Gasteiger charge is -2.32. The van der Waals surface area contributed by atoms with Gasteiger partial charge in [0, 0.05) is 25.1 Å². The van der Waals surface area contributed by atoms with Crippen molar-refractivity contribution in [2.24, 2.45) is 0 Å². The minimum absolute atomic E-state index is 0.00992. The van der Waals surface area contributed by atoms with Crippen molar-refractivity contribution in [2.75, 3.05) is 19.6 Å². The number of nitrogens with zero attached hydrogens (tertiary/aromatic N) is 2. The number of alkyl halides is 1. The highest BCUT2D eigenvalue weighted by atomic mass is 19.1. The number of hydrogen-bond donors (Lipinski definition) is 0. The summed E-state index contributed by atoms with van der Waals surface area (Å²) in [6, 6.07) is 4.82. The SMILES string of the molecule is Cc1ccc(C(=O)N2C[C@@H](F)C[C@H]2C(=O)N2CCCCC2)cc1C. The van der Waals surface area contributed by atoms with Crippen molar-refractivity contribution < 1.29 is 14.0 Å². The van der Waals surface area contributed by atoms with Crippen LogP contribution in [0.15, 0.2) is 18.2 Å². The van der Waals surface area contributed by atoms with Crippen LogP contribution < -0.4 is 0 Å². The number of aryl methyl sites for hydroxylation is 2. The normalized spacial score (nSPS) is 24.3. The molecule has 0 bridgehead atoms. The Morgan fingerprint density at radius 2 is 1.79 bits per heavy atom. The molecule has 4 nitrogen and oxygen atoms in total. The van der Waals surface area contributed by atoms with E-state index in [0.717, 1.165) is 43.5 Å². The van der Waals surface area contributed by atoms with Gasteiger partial charge in [0.1, 0.15) is 12.2 Å². The van der Waals surface area contributed by atoms with E-state index in [1.54, 1.807) is 11.0 Å². The topological polar surface area (TPSA) is 40.6 Å². The van der Waals surface area contributed by atoms with Crippen molar-refractivity contribution in [1.29, 1.82) is 0 Å². The lowest BCUT2D eigenvalue weighted by atomic mass is 10.0. The number of piperidine rings is 1. The molecule has 2 saturated heterocycles. The van der Waals surface area contributed by atoms with Gasteiger partial charge in [-0.15, -0.1) is 0 Å². The quantitative estimate of drug-likeness (QED) is 0.835. The van der Waals surface area contributed by atoms with Gasteiger partial charge in [-0.05, 0) is 56.4 Å². The van der Waals surface area contributed by atoms with Crippen molar-refractivity contribution in [3.05, 3.63) is 34.9 Å². The van der Waals surface area contributed by atoms with Crippen LogP contribution in [0.3, 0.4) is 0 Å². The van der Waals surface area contributed by atoms with E-state index < -0.39 is 12.2 Å². The number of halogens is 1. The Morgan fingerprint density at radius 1 is 1.08 bits per heavy atom. The summed E-state index contributed by atoms with van der Waals surface area (Å²) in [4.78, 5) is 28.9. The van der Waals surface area contributed by atoms with Gasteiger partial charge < -0.3 is 9.80 Å². The first kappa shape index (κ1) is 16.9. The number of likely N-dealkylation sites (tertiary alicyclic amines) is 2. The van der Waals surface area contributed by atoms with Gasteiger partial charge in [-0.1, -0.05) is 6.07 Å². The molecule has 5 heteroatoms. The van der Waals surface area contributed by atoms with Crippen molar-refractivity contribution in [3.63, 3.8) is 0 Å². The van der Waals surface area contributed by atoms with Crippen molar-refractivity contribution in [1.82, 2.24) is 9.80 Å². The van der Waals surface area contributed by atoms with Crippen LogP contribution in [0.2, 0.25) is 0 Å². The van der Waals surface area contributed by atoms with Crippen LogP contribution in [0.4, 0.5) is 4.39 Å². The molecule has 0 unspecified atom stereocenters. The zero-order valence-electron chi connectivity index (χ0n) is 14.4. The maximum atomic E-state index is 14.0. The summed E-state index contributed by atoms with van der Waals surface area (Å²) in [5, 5.41) is 0. The predicted octanol–water partition coefficient (Wildman–Crippen LogP) is 2.87. The van der Waals surface area contributed by atoms with Gasteiger partial charge in [0.25, 0.3) is 5.91 Å². The first-order valence-corrected chi connectivity index (χ1v) is 8.78. The van der Waals surface area contributed by atoms with Crippen molar-refractivity contribution in [2.45, 2.75) is 51.7 Å². The molecule has 2 amide bonds. The Kier molecular flexibility index (Phi) is 4.88. The molecule has 24 heavy (non-hydrogen) atoms. The molecule has 2 fully saturated rings. The molecule has 2 atom stereocenters. The van der Waals surface area contributed by atoms with E-state index in [1.165, 1.54) is 4.90 Å². The monoisotopic (exact) mass is 332 g/mol. The highest BCUT2D eigenvalue weighted by Crippen LogP contribution is 2.26. The third kappa shape index (κ3) is 3.30. The molecule has 3 rings (SSSR count). The maximum absolute atomic E-state index is 14.0. The fraction of sp³-hybridized carbons (Fsp3) is 0.579. The van der Waals surface area contributed by atoms with Crippen LogP contribution in [0, 0.1) is 13.8 Å². The first-order valence-electron chi connectivity index (χ1n) is 8.78. The minimum Gasteiger partial charge on any atom is -0.341 e. The van der Waals surface area contributed by atoms with Crippen LogP contribution in [0.1, 0.15) is 47.2 Å². The molecule has 0 saturated carbocycles. The Bertz CT molecular complexity index is 640. The van der Waals surface area contributed by atoms with E-state index in [9.17, 15) is 14.0 Å². The Labute approximate surface area is 142 Å². The molecular weight excluding hydrogens is 307 g/mol. The third-order valence-corrected chi connectivity index (χ3v) is 5.22. The highest BCUT2D eigenvalue weighted by Gasteiger charge is 2.41. The number of rotatable bonds is 2. The summed E-state index contributed by atoms with van der Waals surface area (Å²) in [6.07, 6.45) is 2.10. The fourth-order valence-electron chi connectivity index (χ4n) is 3.61. The molecule has 0 aliphatic carbocycles. The summed E-state index contributed by atoms with van der Waals surface area (Å²) < 4.78 is 14.0. The molecule has 0 aromatic heterocycles. The molecule has 1 aromatic carbocycles. The van der Waals surface area contributed by atoms with Crippen LogP contribution in [0.5, 0.6) is 0 Å². The van der Waals surface area contributed by atoms with E-state index in [2.05, 4.69) is 0 Å². The Balaban J connectivity index is 1.80. The molecule has 2 aliphatic heterocycles. The number of amides is 2. The number of hydrogen-bond acceptors (Lipinski definition) is 2. The largest absolute Gasteiger partial charge is 0.341 e. The van der Waals surface area contributed by atoms with Gasteiger partial charge in [0.15, 0.2) is 0 Å². The molecule has 0 spiro atoms. The minimum atomic E-state index is -1.13. The lowest BCUT2D eigenvalue weighted by molar-refractivity contribution is -0.136. The number of carbonyl (C=O) groups is 2. The van der Waals surface area contributed by atoms with Gasteiger partial charge in [-0.2, -0.15) is 0 Å². The molecule has 0 N–H and O–H groups in total. The number of benzene rings is 1. The molecule has 130 valence electrons. The molecule has 2 aliphatic rings. The summed E-state index contributed by atoms with van der Waals surface area (Å²) in [5.41, 5.74) is 2.66. The summed E-state index contributed by atoms with van der Waals surface area (Å²) in [7, 11) is 0. The van der Waals surface area contributed by atoms with E-state index in [0.29, 0.717) is 5.56 Å². The van der Waals surface area contributed by atoms with E-state index in [1.807, 2.05) is 26.0 Å². The molecule has 0 radical (unpaired) electrons. The van der Waals surface area contributed by atoms with E-state index >= 15 is 0 Å². The molecular formula is C19H25FN2O2. The van der Waals surface area contributed by atoms with Crippen LogP contribution in [-0.2, 0) is 4.79 Å².